The second-order valence-electron chi connectivity index (χ2n) is 7.56. The van der Waals surface area contributed by atoms with E-state index >= 15 is 0 Å². The number of benzene rings is 3. The smallest absolute Gasteiger partial charge is 0.234 e. The van der Waals surface area contributed by atoms with Crippen LogP contribution in [0.5, 0.6) is 5.75 Å². The molecule has 0 aliphatic carbocycles. The number of aryl methyl sites for hydroxylation is 2. The number of anilines is 1. The van der Waals surface area contributed by atoms with E-state index in [1.54, 1.807) is 11.8 Å². The van der Waals surface area contributed by atoms with Gasteiger partial charge in [0.25, 0.3) is 0 Å². The third-order valence-electron chi connectivity index (χ3n) is 5.18. The van der Waals surface area contributed by atoms with Crippen LogP contribution >= 0.6 is 27.7 Å². The van der Waals surface area contributed by atoms with Crippen LogP contribution in [0.4, 0.5) is 5.69 Å². The molecule has 0 spiro atoms. The molecule has 0 radical (unpaired) electrons. The maximum Gasteiger partial charge on any atom is 0.234 e. The van der Waals surface area contributed by atoms with Crippen LogP contribution in [0.25, 0.3) is 0 Å². The molecule has 6 heteroatoms. The molecule has 1 atom stereocenters. The summed E-state index contributed by atoms with van der Waals surface area (Å²) >= 11 is 5.15. The van der Waals surface area contributed by atoms with Crippen LogP contribution < -0.4 is 10.1 Å². The number of carbonyl (C=O) groups excluding carboxylic acids is 1. The molecule has 4 nitrogen and oxygen atoms in total. The average Bonchev–Trinajstić information content (AvgIpc) is 2.76. The Balaban J connectivity index is 1.40. The highest BCUT2D eigenvalue weighted by atomic mass is 79.9. The van der Waals surface area contributed by atoms with Crippen molar-refractivity contribution in [1.82, 2.24) is 0 Å². The minimum absolute atomic E-state index is 0.0106. The van der Waals surface area contributed by atoms with E-state index in [-0.39, 0.29) is 5.91 Å². The number of nitrogens with one attached hydrogen (secondary N) is 1. The molecule has 3 aromatic carbocycles. The average molecular weight is 498 g/mol. The molecule has 0 unspecified atom stereocenters. The number of halogens is 1. The fraction of sp³-hybridized carbons (Fsp3) is 0.240. The Kier molecular flexibility index (Phi) is 7.00. The molecule has 1 aliphatic rings. The minimum Gasteiger partial charge on any atom is -0.460 e. The summed E-state index contributed by atoms with van der Waals surface area (Å²) < 4.78 is 13.1. The zero-order chi connectivity index (χ0) is 21.8. The standard InChI is InChI=1S/C25H24BrNO3S/c1-16-8-9-22(10-17(16)2)27-23(28)15-31-14-20-12-21(26)11-19-13-29-25(30-24(19)20)18-6-4-3-5-7-18/h3-12,25H,13-15H2,1-2H3,(H,27,28)/t25-/m0/s1. The molecule has 160 valence electrons. The van der Waals surface area contributed by atoms with Crippen molar-refractivity contribution in [1.29, 1.82) is 0 Å². The van der Waals surface area contributed by atoms with Gasteiger partial charge in [0.2, 0.25) is 12.2 Å². The van der Waals surface area contributed by atoms with Gasteiger partial charge in [0.1, 0.15) is 5.75 Å². The largest absolute Gasteiger partial charge is 0.460 e. The summed E-state index contributed by atoms with van der Waals surface area (Å²) in [6, 6.07) is 20.0. The SMILES string of the molecule is Cc1ccc(NC(=O)CSCc2cc(Br)cc3c2O[C@@H](c2ccccc2)OC3)cc1C. The van der Waals surface area contributed by atoms with E-state index in [2.05, 4.69) is 34.2 Å². The number of hydrogen-bond acceptors (Lipinski definition) is 4. The van der Waals surface area contributed by atoms with Gasteiger partial charge in [0, 0.05) is 32.6 Å². The Hall–Kier alpha value is -2.28. The monoisotopic (exact) mass is 497 g/mol. The summed E-state index contributed by atoms with van der Waals surface area (Å²) in [5, 5.41) is 2.98. The second kappa shape index (κ2) is 9.90. The number of thioether (sulfide) groups is 1. The number of rotatable bonds is 6. The summed E-state index contributed by atoms with van der Waals surface area (Å²) in [7, 11) is 0. The van der Waals surface area contributed by atoms with Crippen molar-refractivity contribution >= 4 is 39.3 Å². The lowest BCUT2D eigenvalue weighted by atomic mass is 10.1. The lowest BCUT2D eigenvalue weighted by Crippen LogP contribution is -2.19. The highest BCUT2D eigenvalue weighted by Gasteiger charge is 2.24. The van der Waals surface area contributed by atoms with Crippen LogP contribution in [0.15, 0.2) is 65.1 Å². The molecule has 1 amide bonds. The van der Waals surface area contributed by atoms with Gasteiger partial charge in [0.15, 0.2) is 0 Å². The van der Waals surface area contributed by atoms with Crippen molar-refractivity contribution in [2.75, 3.05) is 11.1 Å². The molecule has 0 saturated heterocycles. The predicted octanol–water partition coefficient (Wildman–Crippen LogP) is 6.55. The molecule has 3 aromatic rings. The van der Waals surface area contributed by atoms with Gasteiger partial charge in [-0.1, -0.05) is 52.3 Å². The normalized spacial score (nSPS) is 15.1. The topological polar surface area (TPSA) is 47.6 Å². The first-order chi connectivity index (χ1) is 15.0. The molecule has 4 rings (SSSR count). The molecular formula is C25H24BrNO3S. The van der Waals surface area contributed by atoms with Gasteiger partial charge in [-0.3, -0.25) is 4.79 Å². The summed E-state index contributed by atoms with van der Waals surface area (Å²) in [6.45, 7) is 4.59. The Labute approximate surface area is 195 Å². The van der Waals surface area contributed by atoms with Crippen molar-refractivity contribution in [3.05, 3.63) is 93.0 Å². The number of amides is 1. The minimum atomic E-state index is -0.424. The van der Waals surface area contributed by atoms with Gasteiger partial charge < -0.3 is 14.8 Å². The third-order valence-corrected chi connectivity index (χ3v) is 6.62. The first-order valence-electron chi connectivity index (χ1n) is 10.1. The molecular weight excluding hydrogens is 474 g/mol. The van der Waals surface area contributed by atoms with Crippen molar-refractivity contribution in [2.45, 2.75) is 32.5 Å². The van der Waals surface area contributed by atoms with Gasteiger partial charge >= 0.3 is 0 Å². The molecule has 0 fully saturated rings. The van der Waals surface area contributed by atoms with Crippen LogP contribution in [-0.4, -0.2) is 11.7 Å². The molecule has 1 aliphatic heterocycles. The third kappa shape index (κ3) is 5.50. The zero-order valence-electron chi connectivity index (χ0n) is 17.5. The van der Waals surface area contributed by atoms with E-state index in [0.29, 0.717) is 18.1 Å². The molecule has 0 bridgehead atoms. The van der Waals surface area contributed by atoms with Crippen molar-refractivity contribution in [3.8, 4) is 5.75 Å². The van der Waals surface area contributed by atoms with Crippen molar-refractivity contribution in [3.63, 3.8) is 0 Å². The quantitative estimate of drug-likeness (QED) is 0.419. The Morgan fingerprint density at radius 1 is 1.10 bits per heavy atom. The van der Waals surface area contributed by atoms with Gasteiger partial charge in [-0.2, -0.15) is 0 Å². The molecule has 31 heavy (non-hydrogen) atoms. The molecule has 1 N–H and O–H groups in total. The summed E-state index contributed by atoms with van der Waals surface area (Å²) in [5.74, 6) is 1.88. The molecule has 1 heterocycles. The fourth-order valence-corrected chi connectivity index (χ4v) is 4.78. The summed E-state index contributed by atoms with van der Waals surface area (Å²) in [5.41, 5.74) is 6.26. The van der Waals surface area contributed by atoms with E-state index < -0.39 is 6.29 Å². The van der Waals surface area contributed by atoms with E-state index in [0.717, 1.165) is 32.6 Å². The second-order valence-corrected chi connectivity index (χ2v) is 9.47. The van der Waals surface area contributed by atoms with Crippen molar-refractivity contribution in [2.24, 2.45) is 0 Å². The summed E-state index contributed by atoms with van der Waals surface area (Å²) in [4.78, 5) is 12.4. The van der Waals surface area contributed by atoms with Gasteiger partial charge in [-0.25, -0.2) is 0 Å². The first kappa shape index (κ1) is 21.9. The van der Waals surface area contributed by atoms with Crippen LogP contribution in [0.1, 0.15) is 34.1 Å². The maximum absolute atomic E-state index is 12.4. The van der Waals surface area contributed by atoms with E-state index in [4.69, 9.17) is 9.47 Å². The predicted molar refractivity (Wildman–Crippen MR) is 129 cm³/mol. The van der Waals surface area contributed by atoms with Gasteiger partial charge in [-0.15, -0.1) is 11.8 Å². The summed E-state index contributed by atoms with van der Waals surface area (Å²) in [6.07, 6.45) is -0.424. The van der Waals surface area contributed by atoms with Crippen molar-refractivity contribution < 1.29 is 14.3 Å². The number of fused-ring (bicyclic) bond motifs is 1. The molecule has 0 aromatic heterocycles. The lowest BCUT2D eigenvalue weighted by molar-refractivity contribution is -0.113. The number of ether oxygens (including phenoxy) is 2. The highest BCUT2D eigenvalue weighted by molar-refractivity contribution is 9.10. The molecule has 0 saturated carbocycles. The van der Waals surface area contributed by atoms with E-state index in [1.165, 1.54) is 11.1 Å². The Morgan fingerprint density at radius 2 is 1.90 bits per heavy atom. The maximum atomic E-state index is 12.4. The van der Waals surface area contributed by atoms with Crippen LogP contribution in [0, 0.1) is 13.8 Å². The van der Waals surface area contributed by atoms with Gasteiger partial charge in [0.05, 0.1) is 12.4 Å². The fourth-order valence-electron chi connectivity index (χ4n) is 3.43. The number of carbonyl (C=O) groups is 1. The van der Waals surface area contributed by atoms with Gasteiger partial charge in [-0.05, 0) is 49.2 Å². The van der Waals surface area contributed by atoms with Crippen LogP contribution in [0.3, 0.4) is 0 Å². The Bertz CT molecular complexity index is 1090. The zero-order valence-corrected chi connectivity index (χ0v) is 19.9. The van der Waals surface area contributed by atoms with E-state index in [9.17, 15) is 4.79 Å². The van der Waals surface area contributed by atoms with Crippen LogP contribution in [0.2, 0.25) is 0 Å². The Morgan fingerprint density at radius 3 is 2.68 bits per heavy atom. The van der Waals surface area contributed by atoms with Crippen LogP contribution in [-0.2, 0) is 21.9 Å². The highest BCUT2D eigenvalue weighted by Crippen LogP contribution is 2.39. The van der Waals surface area contributed by atoms with E-state index in [1.807, 2.05) is 61.5 Å². The lowest BCUT2D eigenvalue weighted by Gasteiger charge is -2.28. The number of hydrogen-bond donors (Lipinski definition) is 1. The first-order valence-corrected chi connectivity index (χ1v) is 12.0.